The first-order valence-corrected chi connectivity index (χ1v) is 12.1. The molecule has 3 aliphatic rings. The molecule has 0 aliphatic heterocycles. The predicted octanol–water partition coefficient (Wildman–Crippen LogP) is 7.68. The lowest BCUT2D eigenvalue weighted by molar-refractivity contribution is 0.687. The van der Waals surface area contributed by atoms with Crippen molar-refractivity contribution in [2.24, 2.45) is 0 Å². The Morgan fingerprint density at radius 1 is 0.618 bits per heavy atom. The van der Waals surface area contributed by atoms with Crippen LogP contribution < -0.4 is 5.73 Å². The molecule has 0 saturated carbocycles. The molecular formula is C33H25N. The molecule has 0 aromatic heterocycles. The number of nitrogen functional groups attached to an aromatic ring is 1. The second kappa shape index (κ2) is 7.20. The lowest BCUT2D eigenvalue weighted by Crippen LogP contribution is -2.31. The fourth-order valence-electron chi connectivity index (χ4n) is 6.41. The van der Waals surface area contributed by atoms with Crippen molar-refractivity contribution in [3.63, 3.8) is 0 Å². The highest BCUT2D eigenvalue weighted by molar-refractivity contribution is 5.93. The van der Waals surface area contributed by atoms with E-state index in [0.29, 0.717) is 0 Å². The molecule has 162 valence electrons. The number of benzene rings is 4. The second-order valence-electron chi connectivity index (χ2n) is 9.44. The SMILES string of the molecule is Nc1ccc(C2=CC3=C(CCC=C3)C3(c4ccccc42)c2ccccc2-c2ccccc23)cc1. The zero-order chi connectivity index (χ0) is 22.7. The Morgan fingerprint density at radius 3 is 1.82 bits per heavy atom. The minimum Gasteiger partial charge on any atom is -0.399 e. The summed E-state index contributed by atoms with van der Waals surface area (Å²) >= 11 is 0. The highest BCUT2D eigenvalue weighted by Gasteiger charge is 2.49. The average molecular weight is 436 g/mol. The maximum Gasteiger partial charge on any atom is 0.0688 e. The molecule has 4 aromatic carbocycles. The molecule has 1 heteroatoms. The molecule has 34 heavy (non-hydrogen) atoms. The largest absolute Gasteiger partial charge is 0.399 e. The molecule has 7 rings (SSSR count). The van der Waals surface area contributed by atoms with Crippen molar-refractivity contribution in [1.82, 2.24) is 0 Å². The van der Waals surface area contributed by atoms with E-state index in [4.69, 9.17) is 5.73 Å². The molecule has 0 saturated heterocycles. The Kier molecular flexibility index (Phi) is 4.10. The fraction of sp³-hybridized carbons (Fsp3) is 0.0909. The van der Waals surface area contributed by atoms with Crippen LogP contribution >= 0.6 is 0 Å². The summed E-state index contributed by atoms with van der Waals surface area (Å²) in [6, 6.07) is 35.4. The first kappa shape index (κ1) is 19.4. The van der Waals surface area contributed by atoms with Crippen LogP contribution in [0.5, 0.6) is 0 Å². The standard InChI is InChI=1S/C33H25N/c34-24-19-17-22(18-20-24)28-21-23-9-1-5-13-29(23)33(32-16-8-4-12-27(28)32)30-14-6-2-10-25(30)26-11-3-7-15-31(26)33/h1-4,6-12,14-21H,5,13,34H2. The van der Waals surface area contributed by atoms with Gasteiger partial charge in [-0.3, -0.25) is 0 Å². The third-order valence-electron chi connectivity index (χ3n) is 7.75. The number of hydrogen-bond acceptors (Lipinski definition) is 1. The van der Waals surface area contributed by atoms with Crippen LogP contribution in [0, 0.1) is 0 Å². The molecule has 0 atom stereocenters. The van der Waals surface area contributed by atoms with Crippen molar-refractivity contribution < 1.29 is 0 Å². The summed E-state index contributed by atoms with van der Waals surface area (Å²) in [6.07, 6.45) is 9.19. The summed E-state index contributed by atoms with van der Waals surface area (Å²) in [5, 5.41) is 0. The number of hydrogen-bond donors (Lipinski definition) is 1. The number of rotatable bonds is 1. The molecule has 0 amide bonds. The Morgan fingerprint density at radius 2 is 1.18 bits per heavy atom. The molecule has 0 fully saturated rings. The number of nitrogens with two attached hydrogens (primary N) is 1. The molecule has 4 aromatic rings. The van der Waals surface area contributed by atoms with E-state index in [-0.39, 0.29) is 5.41 Å². The maximum atomic E-state index is 6.05. The monoisotopic (exact) mass is 435 g/mol. The summed E-state index contributed by atoms with van der Waals surface area (Å²) in [6.45, 7) is 0. The topological polar surface area (TPSA) is 26.0 Å². The second-order valence-corrected chi connectivity index (χ2v) is 9.44. The molecule has 3 aliphatic carbocycles. The molecule has 0 bridgehead atoms. The van der Waals surface area contributed by atoms with Crippen LogP contribution in [-0.2, 0) is 5.41 Å². The quantitative estimate of drug-likeness (QED) is 0.305. The van der Waals surface area contributed by atoms with Crippen LogP contribution in [0.1, 0.15) is 40.7 Å². The van der Waals surface area contributed by atoms with Crippen molar-refractivity contribution in [2.45, 2.75) is 18.3 Å². The van der Waals surface area contributed by atoms with E-state index in [2.05, 4.69) is 103 Å². The summed E-state index contributed by atoms with van der Waals surface area (Å²) in [5.74, 6) is 0. The van der Waals surface area contributed by atoms with Crippen LogP contribution in [0.4, 0.5) is 5.69 Å². The lowest BCUT2D eigenvalue weighted by atomic mass is 9.63. The number of allylic oxidation sites excluding steroid dienone is 5. The molecule has 1 spiro atoms. The lowest BCUT2D eigenvalue weighted by Gasteiger charge is -2.38. The van der Waals surface area contributed by atoms with Gasteiger partial charge in [-0.05, 0) is 86.7 Å². The van der Waals surface area contributed by atoms with Crippen molar-refractivity contribution >= 4 is 11.3 Å². The van der Waals surface area contributed by atoms with Gasteiger partial charge in [0.05, 0.1) is 5.41 Å². The molecule has 0 heterocycles. The van der Waals surface area contributed by atoms with Gasteiger partial charge in [0.1, 0.15) is 0 Å². The van der Waals surface area contributed by atoms with E-state index >= 15 is 0 Å². The Balaban J connectivity index is 1.65. The zero-order valence-corrected chi connectivity index (χ0v) is 19.0. The third kappa shape index (κ3) is 2.50. The summed E-state index contributed by atoms with van der Waals surface area (Å²) in [7, 11) is 0. The van der Waals surface area contributed by atoms with Crippen LogP contribution in [0.25, 0.3) is 16.7 Å². The number of anilines is 1. The van der Waals surface area contributed by atoms with Crippen LogP contribution in [0.15, 0.2) is 126 Å². The zero-order valence-electron chi connectivity index (χ0n) is 19.0. The number of fused-ring (bicyclic) bond motifs is 8. The minimum absolute atomic E-state index is 0.296. The van der Waals surface area contributed by atoms with Crippen LogP contribution in [-0.4, -0.2) is 0 Å². The van der Waals surface area contributed by atoms with E-state index < -0.39 is 0 Å². The Labute approximate surface area is 200 Å². The van der Waals surface area contributed by atoms with Gasteiger partial charge in [-0.1, -0.05) is 97.1 Å². The molecule has 2 N–H and O–H groups in total. The van der Waals surface area contributed by atoms with Crippen molar-refractivity contribution in [3.05, 3.63) is 154 Å². The van der Waals surface area contributed by atoms with Gasteiger partial charge >= 0.3 is 0 Å². The van der Waals surface area contributed by atoms with Gasteiger partial charge in [-0.25, -0.2) is 0 Å². The van der Waals surface area contributed by atoms with Crippen molar-refractivity contribution in [3.8, 4) is 11.1 Å². The summed E-state index contributed by atoms with van der Waals surface area (Å²) in [5.41, 5.74) is 20.0. The fourth-order valence-corrected chi connectivity index (χ4v) is 6.41. The van der Waals surface area contributed by atoms with Gasteiger partial charge in [0.15, 0.2) is 0 Å². The highest BCUT2D eigenvalue weighted by Crippen LogP contribution is 2.60. The minimum atomic E-state index is -0.296. The molecule has 0 radical (unpaired) electrons. The Hall–Kier alpha value is -4.10. The van der Waals surface area contributed by atoms with E-state index in [1.54, 1.807) is 0 Å². The summed E-state index contributed by atoms with van der Waals surface area (Å²) in [4.78, 5) is 0. The first-order valence-electron chi connectivity index (χ1n) is 12.1. The summed E-state index contributed by atoms with van der Waals surface area (Å²) < 4.78 is 0. The maximum absolute atomic E-state index is 6.05. The van der Waals surface area contributed by atoms with Gasteiger partial charge in [-0.2, -0.15) is 0 Å². The molecule has 0 unspecified atom stereocenters. The van der Waals surface area contributed by atoms with E-state index in [9.17, 15) is 0 Å². The molecular weight excluding hydrogens is 410 g/mol. The van der Waals surface area contributed by atoms with Crippen LogP contribution in [0.2, 0.25) is 0 Å². The van der Waals surface area contributed by atoms with E-state index in [1.165, 1.54) is 55.7 Å². The highest BCUT2D eigenvalue weighted by atomic mass is 14.5. The van der Waals surface area contributed by atoms with Crippen molar-refractivity contribution in [2.75, 3.05) is 5.73 Å². The smallest absolute Gasteiger partial charge is 0.0688 e. The van der Waals surface area contributed by atoms with Gasteiger partial charge < -0.3 is 5.73 Å². The first-order chi connectivity index (χ1) is 16.8. The average Bonchev–Trinajstić information content (AvgIpc) is 3.12. The Bertz CT molecular complexity index is 1500. The third-order valence-corrected chi connectivity index (χ3v) is 7.75. The van der Waals surface area contributed by atoms with E-state index in [1.807, 2.05) is 12.1 Å². The molecule has 1 nitrogen and oxygen atoms in total. The van der Waals surface area contributed by atoms with Crippen molar-refractivity contribution in [1.29, 1.82) is 0 Å². The van der Waals surface area contributed by atoms with Gasteiger partial charge in [0.25, 0.3) is 0 Å². The predicted molar refractivity (Wildman–Crippen MR) is 142 cm³/mol. The van der Waals surface area contributed by atoms with Gasteiger partial charge in [-0.15, -0.1) is 0 Å². The van der Waals surface area contributed by atoms with E-state index in [0.717, 1.165) is 18.5 Å². The van der Waals surface area contributed by atoms with Gasteiger partial charge in [0, 0.05) is 5.69 Å². The van der Waals surface area contributed by atoms with Crippen LogP contribution in [0.3, 0.4) is 0 Å². The van der Waals surface area contributed by atoms with Gasteiger partial charge in [0.2, 0.25) is 0 Å². The normalized spacial score (nSPS) is 16.9.